The van der Waals surface area contributed by atoms with Crippen molar-refractivity contribution in [3.8, 4) is 0 Å². The zero-order valence-corrected chi connectivity index (χ0v) is 11.1. The van der Waals surface area contributed by atoms with Crippen LogP contribution in [-0.4, -0.2) is 16.7 Å². The molecule has 2 rings (SSSR count). The maximum Gasteiger partial charge on any atom is 0.206 e. The van der Waals surface area contributed by atoms with Gasteiger partial charge in [0, 0.05) is 6.54 Å². The van der Waals surface area contributed by atoms with E-state index in [4.69, 9.17) is 0 Å². The Balaban J connectivity index is 1.69. The van der Waals surface area contributed by atoms with Crippen LogP contribution in [0.25, 0.3) is 0 Å². The summed E-state index contributed by atoms with van der Waals surface area (Å²) in [6.07, 6.45) is 2.19. The fraction of sp³-hybridized carbons (Fsp3) is 0.273. The molecule has 1 aromatic carbocycles. The molecule has 1 N–H and O–H groups in total. The second-order valence-corrected chi connectivity index (χ2v) is 5.63. The van der Waals surface area contributed by atoms with Crippen LogP contribution in [0.2, 0.25) is 0 Å². The third-order valence-corrected chi connectivity index (χ3v) is 3.48. The summed E-state index contributed by atoms with van der Waals surface area (Å²) in [4.78, 5) is 0. The van der Waals surface area contributed by atoms with Crippen molar-refractivity contribution in [2.45, 2.75) is 12.8 Å². The minimum absolute atomic E-state index is 0.818. The summed E-state index contributed by atoms with van der Waals surface area (Å²) in [6.45, 7) is 0.927. The van der Waals surface area contributed by atoms with E-state index in [0.717, 1.165) is 28.4 Å². The molecule has 1 heterocycles. The molecule has 0 radical (unpaired) electrons. The summed E-state index contributed by atoms with van der Waals surface area (Å²) in [5, 5.41) is 12.0. The Bertz CT molecular complexity index is 430. The molecule has 5 heteroatoms. The van der Waals surface area contributed by atoms with E-state index in [1.165, 1.54) is 16.9 Å². The summed E-state index contributed by atoms with van der Waals surface area (Å²) in [6, 6.07) is 10.5. The number of benzene rings is 1. The molecule has 0 bridgehead atoms. The number of nitrogens with zero attached hydrogens (tertiary/aromatic N) is 2. The first-order valence-corrected chi connectivity index (χ1v) is 6.72. The second kappa shape index (κ2) is 5.96. The van der Waals surface area contributed by atoms with Gasteiger partial charge in [-0.3, -0.25) is 0 Å². The lowest BCUT2D eigenvalue weighted by molar-refractivity contribution is 0.858. The minimum Gasteiger partial charge on any atom is -0.360 e. The lowest BCUT2D eigenvalue weighted by Gasteiger charge is -2.02. The van der Waals surface area contributed by atoms with Gasteiger partial charge in [-0.15, -0.1) is 10.2 Å². The SMILES string of the molecule is Brc1nnc(NCCCc2ccccc2)s1. The van der Waals surface area contributed by atoms with Crippen LogP contribution in [0.4, 0.5) is 5.13 Å². The fourth-order valence-corrected chi connectivity index (χ4v) is 2.45. The molecule has 0 aliphatic carbocycles. The minimum atomic E-state index is 0.818. The summed E-state index contributed by atoms with van der Waals surface area (Å²) in [5.41, 5.74) is 1.38. The number of hydrogen-bond donors (Lipinski definition) is 1. The fourth-order valence-electron chi connectivity index (χ4n) is 1.41. The molecule has 84 valence electrons. The van der Waals surface area contributed by atoms with Crippen LogP contribution in [0.1, 0.15) is 12.0 Å². The number of aromatic nitrogens is 2. The third kappa shape index (κ3) is 3.57. The van der Waals surface area contributed by atoms with Crippen LogP contribution >= 0.6 is 27.3 Å². The van der Waals surface area contributed by atoms with Gasteiger partial charge < -0.3 is 5.32 Å². The lowest BCUT2D eigenvalue weighted by Crippen LogP contribution is -2.02. The lowest BCUT2D eigenvalue weighted by atomic mass is 10.1. The summed E-state index contributed by atoms with van der Waals surface area (Å²) < 4.78 is 0.818. The van der Waals surface area contributed by atoms with E-state index < -0.39 is 0 Å². The second-order valence-electron chi connectivity index (χ2n) is 3.38. The van der Waals surface area contributed by atoms with E-state index in [2.05, 4.69) is 55.7 Å². The average Bonchev–Trinajstić information content (AvgIpc) is 2.72. The molecule has 16 heavy (non-hydrogen) atoms. The maximum absolute atomic E-state index is 3.97. The van der Waals surface area contributed by atoms with Gasteiger partial charge >= 0.3 is 0 Å². The first kappa shape index (κ1) is 11.5. The number of rotatable bonds is 5. The van der Waals surface area contributed by atoms with Crippen molar-refractivity contribution in [3.05, 3.63) is 39.8 Å². The van der Waals surface area contributed by atoms with Crippen LogP contribution in [0.5, 0.6) is 0 Å². The van der Waals surface area contributed by atoms with Crippen molar-refractivity contribution >= 4 is 32.4 Å². The summed E-state index contributed by atoms with van der Waals surface area (Å²) >= 11 is 4.80. The van der Waals surface area contributed by atoms with Crippen molar-refractivity contribution in [1.82, 2.24) is 10.2 Å². The van der Waals surface area contributed by atoms with E-state index in [0.29, 0.717) is 0 Å². The normalized spacial score (nSPS) is 10.3. The Kier molecular flexibility index (Phi) is 4.30. The molecule has 0 aliphatic heterocycles. The molecule has 0 spiro atoms. The van der Waals surface area contributed by atoms with Gasteiger partial charge in [0.05, 0.1) is 0 Å². The standard InChI is InChI=1S/C11H12BrN3S/c12-10-14-15-11(16-10)13-8-4-7-9-5-2-1-3-6-9/h1-3,5-6H,4,7-8H2,(H,13,15). The summed E-state index contributed by atoms with van der Waals surface area (Å²) in [5.74, 6) is 0. The molecule has 3 nitrogen and oxygen atoms in total. The molecular formula is C11H12BrN3S. The van der Waals surface area contributed by atoms with Gasteiger partial charge in [0.15, 0.2) is 3.92 Å². The van der Waals surface area contributed by atoms with E-state index >= 15 is 0 Å². The first-order valence-electron chi connectivity index (χ1n) is 5.11. The zero-order valence-electron chi connectivity index (χ0n) is 8.69. The number of hydrogen-bond acceptors (Lipinski definition) is 4. The first-order chi connectivity index (χ1) is 7.84. The molecule has 0 saturated carbocycles. The molecular weight excluding hydrogens is 286 g/mol. The van der Waals surface area contributed by atoms with Crippen molar-refractivity contribution in [2.24, 2.45) is 0 Å². The Morgan fingerprint density at radius 1 is 1.19 bits per heavy atom. The van der Waals surface area contributed by atoms with Gasteiger partial charge in [0.1, 0.15) is 0 Å². The van der Waals surface area contributed by atoms with E-state index in [-0.39, 0.29) is 0 Å². The van der Waals surface area contributed by atoms with E-state index in [1.54, 1.807) is 0 Å². The number of aryl methyl sites for hydroxylation is 1. The Morgan fingerprint density at radius 2 is 2.00 bits per heavy atom. The van der Waals surface area contributed by atoms with Crippen molar-refractivity contribution in [2.75, 3.05) is 11.9 Å². The molecule has 0 amide bonds. The third-order valence-electron chi connectivity index (χ3n) is 2.16. The van der Waals surface area contributed by atoms with Crippen LogP contribution in [0.15, 0.2) is 34.2 Å². The molecule has 1 aromatic heterocycles. The van der Waals surface area contributed by atoms with Crippen molar-refractivity contribution in [1.29, 1.82) is 0 Å². The highest BCUT2D eigenvalue weighted by molar-refractivity contribution is 9.11. The van der Waals surface area contributed by atoms with Crippen LogP contribution in [0, 0.1) is 0 Å². The predicted molar refractivity (Wildman–Crippen MR) is 70.9 cm³/mol. The smallest absolute Gasteiger partial charge is 0.206 e. The number of nitrogens with one attached hydrogen (secondary N) is 1. The molecule has 2 aromatic rings. The van der Waals surface area contributed by atoms with Gasteiger partial charge in [0.25, 0.3) is 0 Å². The zero-order chi connectivity index (χ0) is 11.2. The average molecular weight is 298 g/mol. The van der Waals surface area contributed by atoms with Gasteiger partial charge in [-0.25, -0.2) is 0 Å². The van der Waals surface area contributed by atoms with Gasteiger partial charge in [-0.2, -0.15) is 0 Å². The van der Waals surface area contributed by atoms with E-state index in [9.17, 15) is 0 Å². The van der Waals surface area contributed by atoms with Gasteiger partial charge in [-0.05, 0) is 34.3 Å². The largest absolute Gasteiger partial charge is 0.360 e. The van der Waals surface area contributed by atoms with E-state index in [1.807, 2.05) is 6.07 Å². The van der Waals surface area contributed by atoms with Gasteiger partial charge in [0.2, 0.25) is 5.13 Å². The monoisotopic (exact) mass is 297 g/mol. The molecule has 0 aliphatic rings. The predicted octanol–water partition coefficient (Wildman–Crippen LogP) is 3.35. The van der Waals surface area contributed by atoms with Crippen LogP contribution in [0.3, 0.4) is 0 Å². The number of anilines is 1. The van der Waals surface area contributed by atoms with Crippen molar-refractivity contribution in [3.63, 3.8) is 0 Å². The quantitative estimate of drug-likeness (QED) is 0.860. The molecule has 0 fully saturated rings. The van der Waals surface area contributed by atoms with Crippen molar-refractivity contribution < 1.29 is 0 Å². The van der Waals surface area contributed by atoms with Crippen LogP contribution < -0.4 is 5.32 Å². The Hall–Kier alpha value is -0.940. The Morgan fingerprint density at radius 3 is 2.69 bits per heavy atom. The topological polar surface area (TPSA) is 37.8 Å². The molecule has 0 atom stereocenters. The van der Waals surface area contributed by atoms with Crippen LogP contribution in [-0.2, 0) is 6.42 Å². The highest BCUT2D eigenvalue weighted by atomic mass is 79.9. The number of halogens is 1. The highest BCUT2D eigenvalue weighted by Crippen LogP contribution is 2.19. The molecule has 0 unspecified atom stereocenters. The van der Waals surface area contributed by atoms with Gasteiger partial charge in [-0.1, -0.05) is 41.7 Å². The Labute approximate surface area is 107 Å². The maximum atomic E-state index is 3.97. The highest BCUT2D eigenvalue weighted by Gasteiger charge is 1.99. The molecule has 0 saturated heterocycles. The summed E-state index contributed by atoms with van der Waals surface area (Å²) in [7, 11) is 0.